The summed E-state index contributed by atoms with van der Waals surface area (Å²) in [5.74, 6) is -0.0313. The molecule has 1 aromatic carbocycles. The summed E-state index contributed by atoms with van der Waals surface area (Å²) in [4.78, 5) is 19.1. The number of nitrogens with zero attached hydrogens (tertiary/aromatic N) is 3. The van der Waals surface area contributed by atoms with Crippen LogP contribution in [0.25, 0.3) is 11.3 Å². The van der Waals surface area contributed by atoms with Gasteiger partial charge in [0.1, 0.15) is 0 Å². The molecule has 0 atom stereocenters. The fraction of sp³-hybridized carbons (Fsp3) is 0.381. The molecule has 0 unspecified atom stereocenters. The van der Waals surface area contributed by atoms with Gasteiger partial charge >= 0.3 is 0 Å². The van der Waals surface area contributed by atoms with Gasteiger partial charge < -0.3 is 10.0 Å². The normalized spacial score (nSPS) is 14.6. The van der Waals surface area contributed by atoms with Crippen molar-refractivity contribution in [2.75, 3.05) is 13.2 Å². The van der Waals surface area contributed by atoms with Crippen LogP contribution in [-0.4, -0.2) is 40.1 Å². The average molecular weight is 349 g/mol. The van der Waals surface area contributed by atoms with E-state index in [2.05, 4.69) is 11.1 Å². The Balaban J connectivity index is 1.79. The summed E-state index contributed by atoms with van der Waals surface area (Å²) in [7, 11) is 0. The highest BCUT2D eigenvalue weighted by molar-refractivity contribution is 5.95. The van der Waals surface area contributed by atoms with Gasteiger partial charge in [0.05, 0.1) is 23.9 Å². The van der Waals surface area contributed by atoms with Crippen LogP contribution in [0, 0.1) is 11.3 Å². The lowest BCUT2D eigenvalue weighted by Crippen LogP contribution is -2.43. The summed E-state index contributed by atoms with van der Waals surface area (Å²) in [6.45, 7) is 0.349. The number of rotatable bonds is 5. The van der Waals surface area contributed by atoms with E-state index in [1.54, 1.807) is 30.5 Å². The second kappa shape index (κ2) is 8.59. The van der Waals surface area contributed by atoms with Crippen LogP contribution in [0.4, 0.5) is 0 Å². The molecule has 26 heavy (non-hydrogen) atoms. The van der Waals surface area contributed by atoms with Crippen LogP contribution in [0.2, 0.25) is 0 Å². The molecule has 5 nitrogen and oxygen atoms in total. The molecule has 1 amide bonds. The highest BCUT2D eigenvalue weighted by Gasteiger charge is 2.25. The first-order chi connectivity index (χ1) is 12.7. The Kier molecular flexibility index (Phi) is 5.98. The minimum atomic E-state index is -0.0313. The third-order valence-corrected chi connectivity index (χ3v) is 4.93. The minimum Gasteiger partial charge on any atom is -0.395 e. The molecule has 1 heterocycles. The molecule has 0 saturated heterocycles. The second-order valence-corrected chi connectivity index (χ2v) is 6.63. The minimum absolute atomic E-state index is 0.0226. The Morgan fingerprint density at radius 3 is 2.58 bits per heavy atom. The summed E-state index contributed by atoms with van der Waals surface area (Å²) in [5, 5.41) is 18.4. The molecule has 1 aliphatic carbocycles. The maximum Gasteiger partial charge on any atom is 0.254 e. The fourth-order valence-electron chi connectivity index (χ4n) is 3.56. The zero-order valence-corrected chi connectivity index (χ0v) is 14.8. The quantitative estimate of drug-likeness (QED) is 0.897. The van der Waals surface area contributed by atoms with Gasteiger partial charge in [-0.2, -0.15) is 5.26 Å². The van der Waals surface area contributed by atoms with E-state index in [4.69, 9.17) is 5.26 Å². The number of hydrogen-bond acceptors (Lipinski definition) is 4. The van der Waals surface area contributed by atoms with E-state index in [1.807, 2.05) is 17.0 Å². The number of benzene rings is 1. The first-order valence-electron chi connectivity index (χ1n) is 9.11. The highest BCUT2D eigenvalue weighted by atomic mass is 16.3. The van der Waals surface area contributed by atoms with Crippen molar-refractivity contribution in [1.29, 1.82) is 5.26 Å². The van der Waals surface area contributed by atoms with Gasteiger partial charge in [-0.25, -0.2) is 0 Å². The monoisotopic (exact) mass is 349 g/mol. The maximum atomic E-state index is 12.9. The van der Waals surface area contributed by atoms with Crippen LogP contribution < -0.4 is 0 Å². The lowest BCUT2D eigenvalue weighted by atomic mass is 9.93. The number of carbonyl (C=O) groups is 1. The number of hydrogen-bond donors (Lipinski definition) is 1. The van der Waals surface area contributed by atoms with Gasteiger partial charge in [0.2, 0.25) is 0 Å². The van der Waals surface area contributed by atoms with E-state index in [9.17, 15) is 9.90 Å². The average Bonchev–Trinajstić information content (AvgIpc) is 2.72. The largest absolute Gasteiger partial charge is 0.395 e. The van der Waals surface area contributed by atoms with Crippen molar-refractivity contribution in [3.63, 3.8) is 0 Å². The Morgan fingerprint density at radius 2 is 1.92 bits per heavy atom. The molecule has 2 aromatic rings. The Hall–Kier alpha value is -2.71. The van der Waals surface area contributed by atoms with Crippen molar-refractivity contribution in [1.82, 2.24) is 9.88 Å². The predicted octanol–water partition coefficient (Wildman–Crippen LogP) is 3.39. The Bertz CT molecular complexity index is 790. The molecule has 0 radical (unpaired) electrons. The SMILES string of the molecule is N#Cc1ccnc(-c2ccc(C(=O)N(CCO)C3CCCCC3)cc2)c1. The number of amides is 1. The number of aromatic nitrogens is 1. The van der Waals surface area contributed by atoms with E-state index in [-0.39, 0.29) is 18.6 Å². The number of aliphatic hydroxyl groups is 1. The van der Waals surface area contributed by atoms with E-state index < -0.39 is 0 Å². The van der Waals surface area contributed by atoms with Gasteiger partial charge in [-0.05, 0) is 37.1 Å². The summed E-state index contributed by atoms with van der Waals surface area (Å²) < 4.78 is 0. The van der Waals surface area contributed by atoms with Crippen LogP contribution >= 0.6 is 0 Å². The van der Waals surface area contributed by atoms with Crippen molar-refractivity contribution < 1.29 is 9.90 Å². The summed E-state index contributed by atoms with van der Waals surface area (Å²) in [6, 6.07) is 13.0. The van der Waals surface area contributed by atoms with Crippen LogP contribution in [-0.2, 0) is 0 Å². The third-order valence-electron chi connectivity index (χ3n) is 4.93. The second-order valence-electron chi connectivity index (χ2n) is 6.63. The number of aliphatic hydroxyl groups excluding tert-OH is 1. The topological polar surface area (TPSA) is 77.2 Å². The molecule has 3 rings (SSSR count). The van der Waals surface area contributed by atoms with E-state index in [0.29, 0.717) is 23.4 Å². The standard InChI is InChI=1S/C21H23N3O2/c22-15-16-10-11-23-20(14-16)17-6-8-18(9-7-17)21(26)24(12-13-25)19-4-2-1-3-5-19/h6-11,14,19,25H,1-5,12-13H2. The van der Waals surface area contributed by atoms with Gasteiger partial charge in [-0.3, -0.25) is 9.78 Å². The van der Waals surface area contributed by atoms with E-state index >= 15 is 0 Å². The van der Waals surface area contributed by atoms with Crippen LogP contribution in [0.3, 0.4) is 0 Å². The lowest BCUT2D eigenvalue weighted by Gasteiger charge is -2.34. The third kappa shape index (κ3) is 4.09. The molecule has 5 heteroatoms. The molecule has 0 aliphatic heterocycles. The van der Waals surface area contributed by atoms with Crippen molar-refractivity contribution >= 4 is 5.91 Å². The summed E-state index contributed by atoms with van der Waals surface area (Å²) in [6.07, 6.45) is 7.13. The molecule has 1 N–H and O–H groups in total. The van der Waals surface area contributed by atoms with Gasteiger partial charge in [-0.1, -0.05) is 31.4 Å². The molecule has 1 aliphatic rings. The zero-order valence-electron chi connectivity index (χ0n) is 14.8. The molecular formula is C21H23N3O2. The van der Waals surface area contributed by atoms with Gasteiger partial charge in [0.15, 0.2) is 0 Å². The van der Waals surface area contributed by atoms with Crippen molar-refractivity contribution in [3.8, 4) is 17.3 Å². The Morgan fingerprint density at radius 1 is 1.19 bits per heavy atom. The molecule has 134 valence electrons. The van der Waals surface area contributed by atoms with E-state index in [0.717, 1.165) is 31.2 Å². The predicted molar refractivity (Wildman–Crippen MR) is 99.4 cm³/mol. The first-order valence-corrected chi connectivity index (χ1v) is 9.11. The van der Waals surface area contributed by atoms with Gasteiger partial charge in [-0.15, -0.1) is 0 Å². The smallest absolute Gasteiger partial charge is 0.254 e. The lowest BCUT2D eigenvalue weighted by molar-refractivity contribution is 0.0585. The molecule has 0 spiro atoms. The molecular weight excluding hydrogens is 326 g/mol. The molecule has 1 aromatic heterocycles. The van der Waals surface area contributed by atoms with Gasteiger partial charge in [0, 0.05) is 29.9 Å². The van der Waals surface area contributed by atoms with Crippen molar-refractivity contribution in [3.05, 3.63) is 53.7 Å². The zero-order chi connectivity index (χ0) is 18.4. The molecule has 0 bridgehead atoms. The highest BCUT2D eigenvalue weighted by Crippen LogP contribution is 2.25. The van der Waals surface area contributed by atoms with Crippen molar-refractivity contribution in [2.45, 2.75) is 38.1 Å². The number of carbonyl (C=O) groups excluding carboxylic acids is 1. The Labute approximate surface area is 153 Å². The van der Waals surface area contributed by atoms with Crippen molar-refractivity contribution in [2.24, 2.45) is 0 Å². The van der Waals surface area contributed by atoms with Crippen LogP contribution in [0.1, 0.15) is 48.0 Å². The maximum absolute atomic E-state index is 12.9. The van der Waals surface area contributed by atoms with Crippen LogP contribution in [0.5, 0.6) is 0 Å². The molecule has 1 fully saturated rings. The summed E-state index contributed by atoms with van der Waals surface area (Å²) >= 11 is 0. The number of pyridine rings is 1. The number of nitriles is 1. The first kappa shape index (κ1) is 18.1. The fourth-order valence-corrected chi connectivity index (χ4v) is 3.56. The van der Waals surface area contributed by atoms with Crippen LogP contribution in [0.15, 0.2) is 42.6 Å². The van der Waals surface area contributed by atoms with E-state index in [1.165, 1.54) is 6.42 Å². The molecule has 1 saturated carbocycles. The summed E-state index contributed by atoms with van der Waals surface area (Å²) in [5.41, 5.74) is 2.75. The van der Waals surface area contributed by atoms with Gasteiger partial charge in [0.25, 0.3) is 5.91 Å².